The Morgan fingerprint density at radius 3 is 2.64 bits per heavy atom. The summed E-state index contributed by atoms with van der Waals surface area (Å²) in [6, 6.07) is 6.92. The molecule has 1 aromatic carbocycles. The van der Waals surface area contributed by atoms with Gasteiger partial charge in [-0.3, -0.25) is 9.59 Å². The second-order valence-corrected chi connectivity index (χ2v) is 5.15. The van der Waals surface area contributed by atoms with Crippen LogP contribution in [0.15, 0.2) is 24.3 Å². The Kier molecular flexibility index (Phi) is 8.72. The lowest BCUT2D eigenvalue weighted by molar-refractivity contribution is -0.120. The van der Waals surface area contributed by atoms with E-state index in [1.165, 1.54) is 12.8 Å². The summed E-state index contributed by atoms with van der Waals surface area (Å²) in [5.41, 5.74) is 0.527. The molecule has 2 amide bonds. The second kappa shape index (κ2) is 10.7. The third kappa shape index (κ3) is 7.11. The minimum absolute atomic E-state index is 0.0255. The molecule has 0 aromatic heterocycles. The van der Waals surface area contributed by atoms with Crippen LogP contribution in [0.4, 0.5) is 0 Å². The summed E-state index contributed by atoms with van der Waals surface area (Å²) in [6.45, 7) is 3.20. The molecule has 0 radical (unpaired) electrons. The van der Waals surface area contributed by atoms with Crippen molar-refractivity contribution in [1.82, 2.24) is 10.6 Å². The maximum absolute atomic E-state index is 11.9. The number of rotatable bonds is 10. The summed E-state index contributed by atoms with van der Waals surface area (Å²) < 4.78 is 5.08. The number of hydrogen-bond acceptors (Lipinski definition) is 3. The minimum atomic E-state index is -0.199. The molecule has 0 saturated carbocycles. The molecule has 2 N–H and O–H groups in total. The van der Waals surface area contributed by atoms with Gasteiger partial charge in [-0.25, -0.2) is 0 Å². The Hall–Kier alpha value is -2.04. The highest BCUT2D eigenvalue weighted by molar-refractivity contribution is 5.94. The highest BCUT2D eigenvalue weighted by Crippen LogP contribution is 2.12. The average molecular weight is 306 g/mol. The normalized spacial score (nSPS) is 10.1. The van der Waals surface area contributed by atoms with Crippen LogP contribution in [-0.4, -0.2) is 32.0 Å². The predicted molar refractivity (Wildman–Crippen MR) is 87.1 cm³/mol. The fourth-order valence-corrected chi connectivity index (χ4v) is 2.02. The molecule has 0 fully saturated rings. The number of benzene rings is 1. The standard InChI is InChI=1S/C17H26N2O3/c1-3-4-5-6-11-18-16(20)10-12-19-17(21)14-8-7-9-15(13-14)22-2/h7-9,13H,3-6,10-12H2,1-2H3,(H,18,20)(H,19,21). The largest absolute Gasteiger partial charge is 0.497 e. The molecule has 0 aliphatic rings. The number of carbonyl (C=O) groups is 2. The first-order chi connectivity index (χ1) is 10.7. The van der Waals surface area contributed by atoms with Gasteiger partial charge in [-0.05, 0) is 24.6 Å². The summed E-state index contributed by atoms with van der Waals surface area (Å²) in [5.74, 6) is 0.412. The first-order valence-corrected chi connectivity index (χ1v) is 7.86. The smallest absolute Gasteiger partial charge is 0.251 e. The maximum atomic E-state index is 11.9. The van der Waals surface area contributed by atoms with Gasteiger partial charge < -0.3 is 15.4 Å². The highest BCUT2D eigenvalue weighted by atomic mass is 16.5. The summed E-state index contributed by atoms with van der Waals surface area (Å²) in [4.78, 5) is 23.5. The fourth-order valence-electron chi connectivity index (χ4n) is 2.02. The van der Waals surface area contributed by atoms with Crippen molar-refractivity contribution in [3.8, 4) is 5.75 Å². The topological polar surface area (TPSA) is 67.4 Å². The van der Waals surface area contributed by atoms with E-state index in [9.17, 15) is 9.59 Å². The number of amides is 2. The van der Waals surface area contributed by atoms with Crippen LogP contribution in [0, 0.1) is 0 Å². The number of nitrogens with one attached hydrogen (secondary N) is 2. The third-order valence-corrected chi connectivity index (χ3v) is 3.32. The molecule has 0 aliphatic heterocycles. The van der Waals surface area contributed by atoms with Crippen LogP contribution in [0.3, 0.4) is 0 Å². The highest BCUT2D eigenvalue weighted by Gasteiger charge is 2.07. The lowest BCUT2D eigenvalue weighted by atomic mass is 10.2. The van der Waals surface area contributed by atoms with Crippen molar-refractivity contribution in [2.75, 3.05) is 20.2 Å². The van der Waals surface area contributed by atoms with Crippen LogP contribution < -0.4 is 15.4 Å². The number of methoxy groups -OCH3 is 1. The van der Waals surface area contributed by atoms with Crippen molar-refractivity contribution < 1.29 is 14.3 Å². The van der Waals surface area contributed by atoms with Gasteiger partial charge in [0.05, 0.1) is 7.11 Å². The maximum Gasteiger partial charge on any atom is 0.251 e. The number of hydrogen-bond donors (Lipinski definition) is 2. The third-order valence-electron chi connectivity index (χ3n) is 3.32. The molecule has 1 aromatic rings. The molecule has 0 saturated heterocycles. The summed E-state index contributed by atoms with van der Waals surface area (Å²) in [5, 5.41) is 5.60. The number of unbranched alkanes of at least 4 members (excludes halogenated alkanes) is 3. The molecule has 0 unspecified atom stereocenters. The Balaban J connectivity index is 2.20. The van der Waals surface area contributed by atoms with Crippen molar-refractivity contribution >= 4 is 11.8 Å². The lowest BCUT2D eigenvalue weighted by Crippen LogP contribution is -2.31. The second-order valence-electron chi connectivity index (χ2n) is 5.15. The van der Waals surface area contributed by atoms with E-state index in [-0.39, 0.29) is 11.8 Å². The summed E-state index contributed by atoms with van der Waals surface area (Å²) >= 11 is 0. The van der Waals surface area contributed by atoms with Gasteiger partial charge >= 0.3 is 0 Å². The van der Waals surface area contributed by atoms with E-state index in [0.29, 0.717) is 30.8 Å². The van der Waals surface area contributed by atoms with Crippen molar-refractivity contribution in [3.05, 3.63) is 29.8 Å². The van der Waals surface area contributed by atoms with Crippen molar-refractivity contribution in [2.45, 2.75) is 39.0 Å². The first kappa shape index (κ1) is 18.0. The van der Waals surface area contributed by atoms with Crippen LogP contribution in [-0.2, 0) is 4.79 Å². The van der Waals surface area contributed by atoms with Crippen LogP contribution in [0.1, 0.15) is 49.4 Å². The summed E-state index contributed by atoms with van der Waals surface area (Å²) in [6.07, 6.45) is 4.83. The monoisotopic (exact) mass is 306 g/mol. The Morgan fingerprint density at radius 2 is 1.91 bits per heavy atom. The molecule has 1 rings (SSSR count). The van der Waals surface area contributed by atoms with Gasteiger partial charge in [0.25, 0.3) is 5.91 Å². The van der Waals surface area contributed by atoms with E-state index in [4.69, 9.17) is 4.74 Å². The molecule has 22 heavy (non-hydrogen) atoms. The van der Waals surface area contributed by atoms with E-state index in [2.05, 4.69) is 17.6 Å². The lowest BCUT2D eigenvalue weighted by Gasteiger charge is -2.07. The van der Waals surface area contributed by atoms with Gasteiger partial charge in [0.1, 0.15) is 5.75 Å². The van der Waals surface area contributed by atoms with Crippen molar-refractivity contribution in [3.63, 3.8) is 0 Å². The van der Waals surface area contributed by atoms with Gasteiger partial charge in [0.2, 0.25) is 5.91 Å². The van der Waals surface area contributed by atoms with Crippen molar-refractivity contribution in [2.24, 2.45) is 0 Å². The fraction of sp³-hybridized carbons (Fsp3) is 0.529. The number of carbonyl (C=O) groups excluding carboxylic acids is 2. The minimum Gasteiger partial charge on any atom is -0.497 e. The Bertz CT molecular complexity index is 475. The zero-order chi connectivity index (χ0) is 16.2. The molecule has 0 spiro atoms. The molecule has 0 heterocycles. The van der Waals surface area contributed by atoms with Crippen LogP contribution >= 0.6 is 0 Å². The molecule has 122 valence electrons. The van der Waals surface area contributed by atoms with Gasteiger partial charge in [-0.2, -0.15) is 0 Å². The SMILES string of the molecule is CCCCCCNC(=O)CCNC(=O)c1cccc(OC)c1. The molecule has 0 aliphatic carbocycles. The van der Waals surface area contributed by atoms with E-state index in [1.54, 1.807) is 31.4 Å². The van der Waals surface area contributed by atoms with Gasteiger partial charge in [0, 0.05) is 25.1 Å². The number of ether oxygens (including phenoxy) is 1. The molecular weight excluding hydrogens is 280 g/mol. The van der Waals surface area contributed by atoms with E-state index < -0.39 is 0 Å². The zero-order valence-corrected chi connectivity index (χ0v) is 13.5. The van der Waals surface area contributed by atoms with Crippen LogP contribution in [0.25, 0.3) is 0 Å². The van der Waals surface area contributed by atoms with Gasteiger partial charge in [-0.15, -0.1) is 0 Å². The van der Waals surface area contributed by atoms with Gasteiger partial charge in [-0.1, -0.05) is 32.3 Å². The molecule has 5 heteroatoms. The molecular formula is C17H26N2O3. The Labute approximate surface area is 132 Å². The predicted octanol–water partition coefficient (Wildman–Crippen LogP) is 2.51. The summed E-state index contributed by atoms with van der Waals surface area (Å²) in [7, 11) is 1.56. The molecule has 0 bridgehead atoms. The quantitative estimate of drug-likeness (QED) is 0.653. The Morgan fingerprint density at radius 1 is 1.09 bits per heavy atom. The van der Waals surface area contributed by atoms with Crippen LogP contribution in [0.2, 0.25) is 0 Å². The molecule has 5 nitrogen and oxygen atoms in total. The van der Waals surface area contributed by atoms with E-state index >= 15 is 0 Å². The molecule has 0 atom stereocenters. The van der Waals surface area contributed by atoms with Crippen molar-refractivity contribution in [1.29, 1.82) is 0 Å². The average Bonchev–Trinajstić information content (AvgIpc) is 2.54. The van der Waals surface area contributed by atoms with Crippen LogP contribution in [0.5, 0.6) is 5.75 Å². The van der Waals surface area contributed by atoms with E-state index in [1.807, 2.05) is 0 Å². The van der Waals surface area contributed by atoms with E-state index in [0.717, 1.165) is 12.8 Å². The first-order valence-electron chi connectivity index (χ1n) is 7.86. The zero-order valence-electron chi connectivity index (χ0n) is 13.5. The van der Waals surface area contributed by atoms with Gasteiger partial charge in [0.15, 0.2) is 0 Å².